The quantitative estimate of drug-likeness (QED) is 0.300. The van der Waals surface area contributed by atoms with Gasteiger partial charge in [-0.3, -0.25) is 13.9 Å². The lowest BCUT2D eigenvalue weighted by molar-refractivity contribution is -0.151. The summed E-state index contributed by atoms with van der Waals surface area (Å²) in [5, 5.41) is 9.34. The fourth-order valence-corrected chi connectivity index (χ4v) is 5.03. The van der Waals surface area contributed by atoms with Gasteiger partial charge in [0.15, 0.2) is 0 Å². The highest BCUT2D eigenvalue weighted by molar-refractivity contribution is 7.52. The molecule has 0 aliphatic carbocycles. The molecule has 3 atom stereocenters. The predicted octanol–water partition coefficient (Wildman–Crippen LogP) is 2.21. The van der Waals surface area contributed by atoms with Crippen LogP contribution < -0.4 is 5.73 Å². The molecule has 1 heterocycles. The third-order valence-electron chi connectivity index (χ3n) is 5.31. The van der Waals surface area contributed by atoms with Crippen LogP contribution >= 0.6 is 7.60 Å². The molecule has 2 rings (SSSR count). The molecule has 178 valence electrons. The van der Waals surface area contributed by atoms with E-state index in [0.717, 1.165) is 18.4 Å². The van der Waals surface area contributed by atoms with Crippen LogP contribution in [0.1, 0.15) is 51.9 Å². The Balaban J connectivity index is 0.00000480. The Morgan fingerprint density at radius 2 is 1.94 bits per heavy atom. The van der Waals surface area contributed by atoms with Crippen molar-refractivity contribution in [3.63, 3.8) is 0 Å². The van der Waals surface area contributed by atoms with Crippen molar-refractivity contribution < 1.29 is 35.6 Å². The van der Waals surface area contributed by atoms with E-state index in [4.69, 9.17) is 10.3 Å². The SMILES string of the molecule is NCCCC[C@@H](OP(=O)(O)CCCCc1ccccc1)C(=O)N1CCC[C@H]1C(=O)O.O.[HH]. The van der Waals surface area contributed by atoms with Gasteiger partial charge in [0.1, 0.15) is 12.1 Å². The Morgan fingerprint density at radius 3 is 2.58 bits per heavy atom. The zero-order valence-electron chi connectivity index (χ0n) is 17.8. The highest BCUT2D eigenvalue weighted by Crippen LogP contribution is 2.45. The van der Waals surface area contributed by atoms with Crippen LogP contribution in [0.25, 0.3) is 0 Å². The van der Waals surface area contributed by atoms with E-state index in [2.05, 4.69) is 0 Å². The molecule has 0 aromatic heterocycles. The van der Waals surface area contributed by atoms with Crippen LogP contribution in [0.5, 0.6) is 0 Å². The van der Waals surface area contributed by atoms with Gasteiger partial charge in [-0.1, -0.05) is 30.3 Å². The molecular formula is C21H37N2O7P. The van der Waals surface area contributed by atoms with E-state index >= 15 is 0 Å². The number of hydrogen-bond donors (Lipinski definition) is 3. The minimum absolute atomic E-state index is 0. The van der Waals surface area contributed by atoms with Crippen molar-refractivity contribution in [2.45, 2.75) is 63.5 Å². The Kier molecular flexibility index (Phi) is 12.0. The number of rotatable bonds is 13. The molecule has 9 nitrogen and oxygen atoms in total. The molecule has 1 unspecified atom stereocenters. The monoisotopic (exact) mass is 460 g/mol. The number of nitrogens with two attached hydrogens (primary N) is 1. The van der Waals surface area contributed by atoms with Gasteiger partial charge in [-0.05, 0) is 63.5 Å². The second-order valence-electron chi connectivity index (χ2n) is 7.71. The van der Waals surface area contributed by atoms with Gasteiger partial charge >= 0.3 is 13.6 Å². The average molecular weight is 461 g/mol. The first-order valence-electron chi connectivity index (χ1n) is 10.6. The van der Waals surface area contributed by atoms with Crippen LogP contribution in [-0.4, -0.2) is 63.6 Å². The molecule has 1 aromatic carbocycles. The normalized spacial score (nSPS) is 18.8. The summed E-state index contributed by atoms with van der Waals surface area (Å²) in [4.78, 5) is 35.9. The van der Waals surface area contributed by atoms with E-state index in [-0.39, 0.29) is 19.5 Å². The number of carboxylic acids is 1. The maximum atomic E-state index is 12.9. The van der Waals surface area contributed by atoms with Gasteiger partial charge in [-0.15, -0.1) is 0 Å². The summed E-state index contributed by atoms with van der Waals surface area (Å²) in [6, 6.07) is 8.97. The van der Waals surface area contributed by atoms with E-state index in [1.807, 2.05) is 30.3 Å². The smallest absolute Gasteiger partial charge is 0.328 e. The maximum Gasteiger partial charge on any atom is 0.328 e. The summed E-state index contributed by atoms with van der Waals surface area (Å²) in [5.41, 5.74) is 6.67. The summed E-state index contributed by atoms with van der Waals surface area (Å²) < 4.78 is 18.0. The molecule has 1 aliphatic heterocycles. The summed E-state index contributed by atoms with van der Waals surface area (Å²) in [7, 11) is -3.98. The number of hydrogen-bond acceptors (Lipinski definition) is 5. The number of aliphatic carboxylic acids is 1. The van der Waals surface area contributed by atoms with E-state index in [1.165, 1.54) is 4.90 Å². The van der Waals surface area contributed by atoms with Crippen molar-refractivity contribution in [3.8, 4) is 0 Å². The first kappa shape index (κ1) is 27.3. The third kappa shape index (κ3) is 9.09. The summed E-state index contributed by atoms with van der Waals surface area (Å²) in [6.45, 7) is 0.762. The minimum Gasteiger partial charge on any atom is -0.480 e. The van der Waals surface area contributed by atoms with Crippen molar-refractivity contribution in [1.29, 1.82) is 0 Å². The first-order chi connectivity index (χ1) is 14.3. The highest BCUT2D eigenvalue weighted by Gasteiger charge is 2.39. The molecule has 1 aromatic rings. The number of unbranched alkanes of at least 4 members (excludes halogenated alkanes) is 2. The van der Waals surface area contributed by atoms with Gasteiger partial charge in [-0.25, -0.2) is 4.79 Å². The number of carboxylic acid groups (broad SMARTS) is 1. The number of carbonyl (C=O) groups is 2. The Morgan fingerprint density at radius 1 is 1.23 bits per heavy atom. The lowest BCUT2D eigenvalue weighted by Gasteiger charge is -2.28. The molecular weight excluding hydrogens is 423 g/mol. The third-order valence-corrected chi connectivity index (χ3v) is 6.77. The van der Waals surface area contributed by atoms with Crippen molar-refractivity contribution >= 4 is 19.5 Å². The number of nitrogens with zero attached hydrogens (tertiary/aromatic N) is 1. The Labute approximate surface area is 184 Å². The Hall–Kier alpha value is -1.77. The second-order valence-corrected chi connectivity index (χ2v) is 9.64. The molecule has 1 amide bonds. The topological polar surface area (TPSA) is 162 Å². The van der Waals surface area contributed by atoms with Crippen LogP contribution in [0.15, 0.2) is 30.3 Å². The summed E-state index contributed by atoms with van der Waals surface area (Å²) >= 11 is 0. The van der Waals surface area contributed by atoms with Crippen LogP contribution in [0.3, 0.4) is 0 Å². The van der Waals surface area contributed by atoms with Gasteiger partial charge < -0.3 is 26.1 Å². The second kappa shape index (κ2) is 13.6. The van der Waals surface area contributed by atoms with Crippen molar-refractivity contribution in [2.75, 3.05) is 19.3 Å². The highest BCUT2D eigenvalue weighted by atomic mass is 31.2. The van der Waals surface area contributed by atoms with Gasteiger partial charge in [0.05, 0.1) is 6.16 Å². The lowest BCUT2D eigenvalue weighted by atomic mass is 10.1. The molecule has 6 N–H and O–H groups in total. The van der Waals surface area contributed by atoms with Gasteiger partial charge in [0, 0.05) is 7.97 Å². The number of carbonyl (C=O) groups excluding carboxylic acids is 1. The molecule has 1 aliphatic rings. The van der Waals surface area contributed by atoms with Crippen LogP contribution in [0.2, 0.25) is 0 Å². The molecule has 1 fully saturated rings. The fraction of sp³-hybridized carbons (Fsp3) is 0.619. The van der Waals surface area contributed by atoms with Crippen LogP contribution in [-0.2, 0) is 25.1 Å². The molecule has 10 heteroatoms. The van der Waals surface area contributed by atoms with E-state index < -0.39 is 31.6 Å². The van der Waals surface area contributed by atoms with Crippen LogP contribution in [0.4, 0.5) is 0 Å². The van der Waals surface area contributed by atoms with Crippen LogP contribution in [0, 0.1) is 0 Å². The van der Waals surface area contributed by atoms with Crippen molar-refractivity contribution in [1.82, 2.24) is 4.90 Å². The molecule has 31 heavy (non-hydrogen) atoms. The Bertz CT molecular complexity index is 738. The molecule has 0 saturated carbocycles. The van der Waals surface area contributed by atoms with Gasteiger partial charge in [-0.2, -0.15) is 0 Å². The zero-order chi connectivity index (χ0) is 22.0. The number of aryl methyl sites for hydroxylation is 1. The largest absolute Gasteiger partial charge is 0.480 e. The first-order valence-corrected chi connectivity index (χ1v) is 12.4. The van der Waals surface area contributed by atoms with E-state index in [1.54, 1.807) is 0 Å². The van der Waals surface area contributed by atoms with Crippen molar-refractivity contribution in [2.24, 2.45) is 5.73 Å². The standard InChI is InChI=1S/C21H33N2O6P.H2O.H2/c22-14-6-4-13-19(20(24)23-15-8-12-18(23)21(25)26)29-30(27,28)16-7-5-11-17-9-2-1-3-10-17;;/h1-3,9-10,18-19H,4-8,11-16,22H2,(H,25,26)(H,27,28);1H2;1H/t18-,19+;;/m0../s1. The number of amides is 1. The van der Waals surface area contributed by atoms with E-state index in [0.29, 0.717) is 45.2 Å². The average Bonchev–Trinajstić information content (AvgIpc) is 3.21. The minimum atomic E-state index is -3.98. The summed E-state index contributed by atoms with van der Waals surface area (Å²) in [6.07, 6.45) is 3.30. The molecule has 1 saturated heterocycles. The molecule has 0 radical (unpaired) electrons. The zero-order valence-corrected chi connectivity index (χ0v) is 18.7. The molecule has 0 bridgehead atoms. The predicted molar refractivity (Wildman–Crippen MR) is 120 cm³/mol. The number of benzene rings is 1. The molecule has 0 spiro atoms. The number of likely N-dealkylation sites (tertiary alicyclic amines) is 1. The van der Waals surface area contributed by atoms with Gasteiger partial charge in [0.25, 0.3) is 5.91 Å². The lowest BCUT2D eigenvalue weighted by Crippen LogP contribution is -2.46. The summed E-state index contributed by atoms with van der Waals surface area (Å²) in [5.74, 6) is -1.58. The van der Waals surface area contributed by atoms with E-state index in [9.17, 15) is 24.2 Å². The van der Waals surface area contributed by atoms with Gasteiger partial charge in [0.2, 0.25) is 0 Å². The maximum absolute atomic E-state index is 12.9. The van der Waals surface area contributed by atoms with Crippen molar-refractivity contribution in [3.05, 3.63) is 35.9 Å². The fourth-order valence-electron chi connectivity index (χ4n) is 3.70.